The Morgan fingerprint density at radius 1 is 1.75 bits per heavy atom. The fourth-order valence-corrected chi connectivity index (χ4v) is 0.846. The molecule has 0 bridgehead atoms. The third kappa shape index (κ3) is 2.56. The minimum absolute atomic E-state index is 0. The monoisotopic (exact) mass is 186 g/mol. The molecular weight excluding hydrogens is 175 g/mol. The van der Waals surface area contributed by atoms with Crippen molar-refractivity contribution in [3.8, 4) is 0 Å². The van der Waals surface area contributed by atoms with Crippen LogP contribution >= 0.6 is 0 Å². The molecule has 1 N–H and O–H groups in total. The smallest absolute Gasteiger partial charge is 0 e. The quantitative estimate of drug-likeness (QED) is 0.605. The van der Waals surface area contributed by atoms with Gasteiger partial charge in [0.25, 0.3) is 0 Å². The van der Waals surface area contributed by atoms with Crippen LogP contribution in [-0.2, 0) is 32.7 Å². The summed E-state index contributed by atoms with van der Waals surface area (Å²) in [4.78, 5) is 0. The maximum atomic E-state index is 3.79. The van der Waals surface area contributed by atoms with E-state index in [9.17, 15) is 0 Å². The Morgan fingerprint density at radius 3 is 2.75 bits per heavy atom. The second-order valence-corrected chi connectivity index (χ2v) is 1.93. The summed E-state index contributed by atoms with van der Waals surface area (Å²) in [6, 6.07) is 0.681. The summed E-state index contributed by atoms with van der Waals surface area (Å²) in [5, 5.41) is 3.22. The van der Waals surface area contributed by atoms with Crippen LogP contribution in [0.5, 0.6) is 0 Å². The Labute approximate surface area is 76.5 Å². The van der Waals surface area contributed by atoms with Crippen LogP contribution in [0.25, 0.3) is 0 Å². The molecule has 1 unspecified atom stereocenters. The Hall–Kier alpha value is 1.06. The van der Waals surface area contributed by atoms with E-state index in [4.69, 9.17) is 0 Å². The summed E-state index contributed by atoms with van der Waals surface area (Å²) >= 11 is 0. The van der Waals surface area contributed by atoms with Crippen LogP contribution < -0.4 is 5.32 Å². The minimum atomic E-state index is 0. The Balaban J connectivity index is 0.000000490. The molecule has 0 saturated carbocycles. The van der Waals surface area contributed by atoms with Crippen LogP contribution in [0.3, 0.4) is 0 Å². The standard InChI is InChI=1S/C6H11N.Y/c1-2-6-4-3-5-7-6;/h5-7H,1-4H2;/q-2;. The van der Waals surface area contributed by atoms with Crippen molar-refractivity contribution in [1.82, 2.24) is 5.32 Å². The predicted molar refractivity (Wildman–Crippen MR) is 30.4 cm³/mol. The van der Waals surface area contributed by atoms with Crippen molar-refractivity contribution in [2.75, 3.05) is 0 Å². The maximum absolute atomic E-state index is 3.79. The van der Waals surface area contributed by atoms with Gasteiger partial charge in [0, 0.05) is 32.7 Å². The summed E-state index contributed by atoms with van der Waals surface area (Å²) in [6.45, 7) is 5.91. The van der Waals surface area contributed by atoms with E-state index in [0.717, 1.165) is 6.42 Å². The fourth-order valence-electron chi connectivity index (χ4n) is 0.846. The van der Waals surface area contributed by atoms with Crippen molar-refractivity contribution in [2.45, 2.75) is 25.3 Å². The molecule has 8 heavy (non-hydrogen) atoms. The van der Waals surface area contributed by atoms with Crippen molar-refractivity contribution in [3.05, 3.63) is 13.5 Å². The SMILES string of the molecule is [CH2-]CC1CC[CH-]N1.[Y]. The molecule has 1 aliphatic rings. The average Bonchev–Trinajstić information content (AvgIpc) is 2.14. The molecule has 1 atom stereocenters. The summed E-state index contributed by atoms with van der Waals surface area (Å²) in [6.07, 6.45) is 3.53. The predicted octanol–water partition coefficient (Wildman–Crippen LogP) is 1.12. The number of hydrogen-bond acceptors (Lipinski definition) is 1. The molecule has 1 fully saturated rings. The Bertz CT molecular complexity index is 50.5. The number of nitrogens with one attached hydrogen (secondary N) is 1. The third-order valence-electron chi connectivity index (χ3n) is 1.36. The van der Waals surface area contributed by atoms with Crippen LogP contribution in [-0.4, -0.2) is 6.04 Å². The van der Waals surface area contributed by atoms with Crippen molar-refractivity contribution in [2.24, 2.45) is 0 Å². The average molecular weight is 186 g/mol. The molecule has 0 aromatic rings. The van der Waals surface area contributed by atoms with Gasteiger partial charge in [-0.25, -0.2) is 0 Å². The van der Waals surface area contributed by atoms with Crippen molar-refractivity contribution in [1.29, 1.82) is 0 Å². The molecule has 1 radical (unpaired) electrons. The van der Waals surface area contributed by atoms with Crippen molar-refractivity contribution in [3.63, 3.8) is 0 Å². The molecule has 1 aliphatic heterocycles. The molecular formula is C6H11NY-2. The normalized spacial score (nSPS) is 27.4. The zero-order valence-corrected chi connectivity index (χ0v) is 7.90. The summed E-state index contributed by atoms with van der Waals surface area (Å²) in [5.41, 5.74) is 0. The number of hydrogen-bond donors (Lipinski definition) is 1. The van der Waals surface area contributed by atoms with Crippen molar-refractivity contribution < 1.29 is 32.7 Å². The second kappa shape index (κ2) is 4.90. The number of rotatable bonds is 1. The summed E-state index contributed by atoms with van der Waals surface area (Å²) in [5.74, 6) is 0. The first kappa shape index (κ1) is 9.06. The van der Waals surface area contributed by atoms with Gasteiger partial charge in [0.1, 0.15) is 0 Å². The van der Waals surface area contributed by atoms with Gasteiger partial charge in [-0.2, -0.15) is 12.8 Å². The Kier molecular flexibility index (Phi) is 5.55. The van der Waals surface area contributed by atoms with E-state index in [1.54, 1.807) is 0 Å². The summed E-state index contributed by atoms with van der Waals surface area (Å²) in [7, 11) is 0. The zero-order valence-electron chi connectivity index (χ0n) is 5.06. The first-order valence-corrected chi connectivity index (χ1v) is 2.80. The maximum Gasteiger partial charge on any atom is 0 e. The van der Waals surface area contributed by atoms with Gasteiger partial charge in [-0.15, -0.1) is 0 Å². The van der Waals surface area contributed by atoms with Crippen molar-refractivity contribution >= 4 is 0 Å². The van der Waals surface area contributed by atoms with E-state index in [1.807, 2.05) is 0 Å². The largest absolute Gasteiger partial charge is 0.469 e. The molecule has 0 amide bonds. The fraction of sp³-hybridized carbons (Fsp3) is 0.667. The van der Waals surface area contributed by atoms with Gasteiger partial charge in [-0.1, -0.05) is 12.5 Å². The van der Waals surface area contributed by atoms with E-state index >= 15 is 0 Å². The van der Waals surface area contributed by atoms with Gasteiger partial charge in [0.2, 0.25) is 0 Å². The van der Waals surface area contributed by atoms with E-state index < -0.39 is 0 Å². The van der Waals surface area contributed by atoms with Crippen LogP contribution in [0.1, 0.15) is 19.3 Å². The van der Waals surface area contributed by atoms with Crippen LogP contribution in [0, 0.1) is 13.5 Å². The van der Waals surface area contributed by atoms with Gasteiger partial charge in [0.05, 0.1) is 0 Å². The first-order valence-electron chi connectivity index (χ1n) is 2.80. The van der Waals surface area contributed by atoms with Gasteiger partial charge < -0.3 is 12.2 Å². The molecule has 0 aliphatic carbocycles. The Morgan fingerprint density at radius 2 is 2.50 bits per heavy atom. The topological polar surface area (TPSA) is 12.0 Å². The first-order chi connectivity index (χ1) is 3.43. The van der Waals surface area contributed by atoms with Gasteiger partial charge >= 0.3 is 0 Å². The van der Waals surface area contributed by atoms with Gasteiger partial charge in [-0.05, 0) is 0 Å². The molecule has 1 nitrogen and oxygen atoms in total. The van der Waals surface area contributed by atoms with E-state index in [-0.39, 0.29) is 32.7 Å². The van der Waals surface area contributed by atoms with Crippen LogP contribution in [0.4, 0.5) is 0 Å². The minimum Gasteiger partial charge on any atom is -0.469 e. The molecule has 45 valence electrons. The molecule has 0 aromatic heterocycles. The van der Waals surface area contributed by atoms with E-state index in [2.05, 4.69) is 18.8 Å². The van der Waals surface area contributed by atoms with E-state index in [1.165, 1.54) is 12.8 Å². The molecule has 0 spiro atoms. The van der Waals surface area contributed by atoms with Crippen LogP contribution in [0.15, 0.2) is 0 Å². The summed E-state index contributed by atoms with van der Waals surface area (Å²) < 4.78 is 0. The van der Waals surface area contributed by atoms with E-state index in [0.29, 0.717) is 6.04 Å². The molecule has 1 heterocycles. The van der Waals surface area contributed by atoms with Crippen LogP contribution in [0.2, 0.25) is 0 Å². The molecule has 1 rings (SSSR count). The van der Waals surface area contributed by atoms with Gasteiger partial charge in [-0.3, -0.25) is 6.54 Å². The molecule has 0 aromatic carbocycles. The molecule has 2 heteroatoms. The second-order valence-electron chi connectivity index (χ2n) is 1.93. The zero-order chi connectivity index (χ0) is 5.11. The third-order valence-corrected chi connectivity index (χ3v) is 1.36. The van der Waals surface area contributed by atoms with Gasteiger partial charge in [0.15, 0.2) is 0 Å². The molecule has 1 saturated heterocycles.